The third-order valence-electron chi connectivity index (χ3n) is 4.79. The first kappa shape index (κ1) is 17.6. The minimum atomic E-state index is -0.00111. The summed E-state index contributed by atoms with van der Waals surface area (Å²) in [5, 5.41) is 7.65. The molecule has 4 rings (SSSR count). The van der Waals surface area contributed by atoms with Gasteiger partial charge in [0.2, 0.25) is 0 Å². The molecule has 1 aliphatic rings. The van der Waals surface area contributed by atoms with Gasteiger partial charge in [-0.1, -0.05) is 54.1 Å². The Morgan fingerprint density at radius 1 is 1.07 bits per heavy atom. The van der Waals surface area contributed by atoms with Crippen LogP contribution in [0.15, 0.2) is 60.8 Å². The van der Waals surface area contributed by atoms with E-state index >= 15 is 0 Å². The quantitative estimate of drug-likeness (QED) is 0.728. The number of carbonyl (C=O) groups is 1. The number of rotatable bonds is 4. The SMILES string of the molecule is O=C(c1cn[nH]c1-c1ccccc1)N1CCC(Oc2ccccc2Cl)CC1. The van der Waals surface area contributed by atoms with E-state index in [1.54, 1.807) is 6.20 Å². The molecule has 0 unspecified atom stereocenters. The number of piperidine rings is 1. The minimum Gasteiger partial charge on any atom is -0.489 e. The van der Waals surface area contributed by atoms with Crippen molar-refractivity contribution >= 4 is 17.5 Å². The number of aromatic nitrogens is 2. The Bertz CT molecular complexity index is 918. The summed E-state index contributed by atoms with van der Waals surface area (Å²) in [6.45, 7) is 1.29. The number of nitrogens with zero attached hydrogens (tertiary/aromatic N) is 2. The number of ether oxygens (including phenoxy) is 1. The van der Waals surface area contributed by atoms with E-state index in [9.17, 15) is 4.79 Å². The van der Waals surface area contributed by atoms with Crippen molar-refractivity contribution in [2.75, 3.05) is 13.1 Å². The molecule has 0 aliphatic carbocycles. The van der Waals surface area contributed by atoms with Crippen LogP contribution in [-0.4, -0.2) is 40.2 Å². The van der Waals surface area contributed by atoms with Gasteiger partial charge in [0.1, 0.15) is 11.9 Å². The lowest BCUT2D eigenvalue weighted by molar-refractivity contribution is 0.0596. The van der Waals surface area contributed by atoms with Crippen LogP contribution in [-0.2, 0) is 0 Å². The fraction of sp³-hybridized carbons (Fsp3) is 0.238. The van der Waals surface area contributed by atoms with Crippen LogP contribution in [0, 0.1) is 0 Å². The van der Waals surface area contributed by atoms with Gasteiger partial charge in [-0.15, -0.1) is 0 Å². The summed E-state index contributed by atoms with van der Waals surface area (Å²) >= 11 is 6.17. The molecule has 27 heavy (non-hydrogen) atoms. The fourth-order valence-electron chi connectivity index (χ4n) is 3.34. The van der Waals surface area contributed by atoms with Crippen LogP contribution in [0.5, 0.6) is 5.75 Å². The summed E-state index contributed by atoms with van der Waals surface area (Å²) in [7, 11) is 0. The van der Waals surface area contributed by atoms with Crippen LogP contribution < -0.4 is 4.74 Å². The van der Waals surface area contributed by atoms with E-state index in [2.05, 4.69) is 10.2 Å². The van der Waals surface area contributed by atoms with Crippen LogP contribution in [0.3, 0.4) is 0 Å². The van der Waals surface area contributed by atoms with E-state index in [0.717, 1.165) is 24.1 Å². The van der Waals surface area contributed by atoms with Gasteiger partial charge in [-0.2, -0.15) is 5.10 Å². The van der Waals surface area contributed by atoms with Crippen LogP contribution in [0.25, 0.3) is 11.3 Å². The molecule has 0 spiro atoms. The van der Waals surface area contributed by atoms with Crippen LogP contribution in [0.1, 0.15) is 23.2 Å². The molecule has 0 atom stereocenters. The molecule has 5 nitrogen and oxygen atoms in total. The summed E-state index contributed by atoms with van der Waals surface area (Å²) in [5.41, 5.74) is 2.32. The number of halogens is 1. The first-order valence-corrected chi connectivity index (χ1v) is 9.39. The molecule has 1 amide bonds. The number of aromatic amines is 1. The number of likely N-dealkylation sites (tertiary alicyclic amines) is 1. The Morgan fingerprint density at radius 3 is 2.52 bits per heavy atom. The Balaban J connectivity index is 1.41. The van der Waals surface area contributed by atoms with Gasteiger partial charge in [0.05, 0.1) is 22.5 Å². The van der Waals surface area contributed by atoms with Gasteiger partial charge in [-0.3, -0.25) is 9.89 Å². The molecule has 2 heterocycles. The molecule has 2 aromatic carbocycles. The molecule has 1 aromatic heterocycles. The Hall–Kier alpha value is -2.79. The number of carbonyl (C=O) groups excluding carboxylic acids is 1. The summed E-state index contributed by atoms with van der Waals surface area (Å²) in [6.07, 6.45) is 3.22. The van der Waals surface area contributed by atoms with E-state index in [0.29, 0.717) is 29.4 Å². The first-order chi connectivity index (χ1) is 13.2. The summed E-state index contributed by atoms with van der Waals surface area (Å²) in [5.74, 6) is 0.698. The van der Waals surface area contributed by atoms with E-state index in [4.69, 9.17) is 16.3 Å². The molecule has 0 radical (unpaired) electrons. The molecule has 1 saturated heterocycles. The van der Waals surface area contributed by atoms with Crippen molar-refractivity contribution in [3.8, 4) is 17.0 Å². The average molecular weight is 382 g/mol. The summed E-state index contributed by atoms with van der Waals surface area (Å²) < 4.78 is 6.01. The maximum absolute atomic E-state index is 13.0. The molecular formula is C21H20ClN3O2. The Labute approximate surface area is 162 Å². The molecule has 6 heteroatoms. The van der Waals surface area contributed by atoms with Crippen molar-refractivity contribution in [2.24, 2.45) is 0 Å². The van der Waals surface area contributed by atoms with E-state index < -0.39 is 0 Å². The highest BCUT2D eigenvalue weighted by Gasteiger charge is 2.27. The number of nitrogens with one attached hydrogen (secondary N) is 1. The maximum atomic E-state index is 13.0. The van der Waals surface area contributed by atoms with Gasteiger partial charge in [0, 0.05) is 31.5 Å². The predicted molar refractivity (Wildman–Crippen MR) is 105 cm³/mol. The largest absolute Gasteiger partial charge is 0.489 e. The normalized spacial score (nSPS) is 14.9. The molecule has 1 aliphatic heterocycles. The third-order valence-corrected chi connectivity index (χ3v) is 5.10. The fourth-order valence-corrected chi connectivity index (χ4v) is 3.52. The third kappa shape index (κ3) is 3.83. The number of para-hydroxylation sites is 1. The van der Waals surface area contributed by atoms with Gasteiger partial charge in [0.25, 0.3) is 5.91 Å². The van der Waals surface area contributed by atoms with Gasteiger partial charge >= 0.3 is 0 Å². The molecular weight excluding hydrogens is 362 g/mol. The van der Waals surface area contributed by atoms with E-state index in [-0.39, 0.29) is 12.0 Å². The van der Waals surface area contributed by atoms with Crippen LogP contribution >= 0.6 is 11.6 Å². The lowest BCUT2D eigenvalue weighted by Gasteiger charge is -2.32. The molecule has 1 N–H and O–H groups in total. The number of benzene rings is 2. The topological polar surface area (TPSA) is 58.2 Å². The van der Waals surface area contributed by atoms with Gasteiger partial charge < -0.3 is 9.64 Å². The van der Waals surface area contributed by atoms with Crippen molar-refractivity contribution in [3.63, 3.8) is 0 Å². The smallest absolute Gasteiger partial charge is 0.257 e. The average Bonchev–Trinajstić information content (AvgIpc) is 3.20. The van der Waals surface area contributed by atoms with Crippen molar-refractivity contribution in [3.05, 3.63) is 71.4 Å². The highest BCUT2D eigenvalue weighted by atomic mass is 35.5. The summed E-state index contributed by atoms with van der Waals surface area (Å²) in [6, 6.07) is 17.3. The van der Waals surface area contributed by atoms with E-state index in [1.807, 2.05) is 59.5 Å². The monoisotopic (exact) mass is 381 g/mol. The second kappa shape index (κ2) is 7.84. The number of H-pyrrole nitrogens is 1. The van der Waals surface area contributed by atoms with Gasteiger partial charge in [-0.05, 0) is 12.1 Å². The van der Waals surface area contributed by atoms with Crippen LogP contribution in [0.2, 0.25) is 5.02 Å². The lowest BCUT2D eigenvalue weighted by Crippen LogP contribution is -2.41. The number of amides is 1. The summed E-state index contributed by atoms with van der Waals surface area (Å²) in [4.78, 5) is 14.8. The van der Waals surface area contributed by atoms with Crippen molar-refractivity contribution in [1.29, 1.82) is 0 Å². The molecule has 1 fully saturated rings. The van der Waals surface area contributed by atoms with Gasteiger partial charge in [0.15, 0.2) is 0 Å². The molecule has 0 bridgehead atoms. The minimum absolute atomic E-state index is 0.00111. The maximum Gasteiger partial charge on any atom is 0.257 e. The molecule has 3 aromatic rings. The first-order valence-electron chi connectivity index (χ1n) is 9.01. The zero-order valence-electron chi connectivity index (χ0n) is 14.8. The number of hydrogen-bond donors (Lipinski definition) is 1. The Morgan fingerprint density at radius 2 is 1.78 bits per heavy atom. The lowest BCUT2D eigenvalue weighted by atomic mass is 10.0. The van der Waals surface area contributed by atoms with Crippen molar-refractivity contribution < 1.29 is 9.53 Å². The van der Waals surface area contributed by atoms with E-state index in [1.165, 1.54) is 0 Å². The zero-order chi connectivity index (χ0) is 18.6. The highest BCUT2D eigenvalue weighted by molar-refractivity contribution is 6.32. The molecule has 138 valence electrons. The highest BCUT2D eigenvalue weighted by Crippen LogP contribution is 2.28. The second-order valence-corrected chi connectivity index (χ2v) is 6.97. The number of hydrogen-bond acceptors (Lipinski definition) is 3. The zero-order valence-corrected chi connectivity index (χ0v) is 15.5. The predicted octanol–water partition coefficient (Wildman–Crippen LogP) is 4.41. The molecule has 0 saturated carbocycles. The standard InChI is InChI=1S/C21H20ClN3O2/c22-18-8-4-5-9-19(18)27-16-10-12-25(13-11-16)21(26)17-14-23-24-20(17)15-6-2-1-3-7-15/h1-9,14,16H,10-13H2,(H,23,24). The van der Waals surface area contributed by atoms with Crippen molar-refractivity contribution in [1.82, 2.24) is 15.1 Å². The van der Waals surface area contributed by atoms with Crippen LogP contribution in [0.4, 0.5) is 0 Å². The Kier molecular flexibility index (Phi) is 5.12. The van der Waals surface area contributed by atoms with Crippen molar-refractivity contribution in [2.45, 2.75) is 18.9 Å². The van der Waals surface area contributed by atoms with Gasteiger partial charge in [-0.25, -0.2) is 0 Å². The second-order valence-electron chi connectivity index (χ2n) is 6.56.